The van der Waals surface area contributed by atoms with Crippen molar-refractivity contribution in [1.29, 1.82) is 0 Å². The second-order valence-electron chi connectivity index (χ2n) is 6.87. The van der Waals surface area contributed by atoms with Crippen molar-refractivity contribution in [3.05, 3.63) is 34.6 Å². The van der Waals surface area contributed by atoms with E-state index in [1.807, 2.05) is 6.07 Å². The number of rotatable bonds is 3. The van der Waals surface area contributed by atoms with E-state index in [0.717, 1.165) is 37.5 Å². The average Bonchev–Trinajstić information content (AvgIpc) is 3.27. The summed E-state index contributed by atoms with van der Waals surface area (Å²) >= 11 is 6.13. The lowest BCUT2D eigenvalue weighted by molar-refractivity contribution is 0.154. The zero-order chi connectivity index (χ0) is 15.0. The van der Waals surface area contributed by atoms with E-state index in [2.05, 4.69) is 24.1 Å². The SMILES string of the molecule is CC1CCNC(C)(C2CC2)CN1Cc1cccc(F)c1Cl. The van der Waals surface area contributed by atoms with Gasteiger partial charge in [0.25, 0.3) is 0 Å². The highest BCUT2D eigenvalue weighted by Crippen LogP contribution is 2.41. The first-order valence-corrected chi connectivity index (χ1v) is 8.29. The molecule has 1 aromatic carbocycles. The van der Waals surface area contributed by atoms with Gasteiger partial charge in [-0.3, -0.25) is 4.90 Å². The van der Waals surface area contributed by atoms with Crippen LogP contribution in [-0.4, -0.2) is 29.6 Å². The summed E-state index contributed by atoms with van der Waals surface area (Å²) < 4.78 is 13.6. The quantitative estimate of drug-likeness (QED) is 0.912. The summed E-state index contributed by atoms with van der Waals surface area (Å²) in [6.07, 6.45) is 3.77. The Labute approximate surface area is 131 Å². The third-order valence-corrected chi connectivity index (χ3v) is 5.55. The molecule has 1 heterocycles. The van der Waals surface area contributed by atoms with Crippen LogP contribution in [-0.2, 0) is 6.54 Å². The van der Waals surface area contributed by atoms with Crippen molar-refractivity contribution >= 4 is 11.6 Å². The first kappa shape index (κ1) is 15.3. The van der Waals surface area contributed by atoms with Gasteiger partial charge in [0.1, 0.15) is 5.82 Å². The van der Waals surface area contributed by atoms with Gasteiger partial charge >= 0.3 is 0 Å². The first-order chi connectivity index (χ1) is 9.99. The van der Waals surface area contributed by atoms with E-state index in [-0.39, 0.29) is 16.4 Å². The molecule has 1 N–H and O–H groups in total. The molecule has 2 aliphatic rings. The second kappa shape index (κ2) is 5.86. The molecule has 0 radical (unpaired) electrons. The normalized spacial score (nSPS) is 31.1. The van der Waals surface area contributed by atoms with Gasteiger partial charge in [0, 0.05) is 24.7 Å². The van der Waals surface area contributed by atoms with Gasteiger partial charge in [-0.05, 0) is 57.2 Å². The summed E-state index contributed by atoms with van der Waals surface area (Å²) in [7, 11) is 0. The Morgan fingerprint density at radius 3 is 2.86 bits per heavy atom. The predicted octanol–water partition coefficient (Wildman–Crippen LogP) is 3.83. The largest absolute Gasteiger partial charge is 0.310 e. The molecule has 1 saturated carbocycles. The molecular formula is C17H24ClFN2. The second-order valence-corrected chi connectivity index (χ2v) is 7.25. The third kappa shape index (κ3) is 3.25. The van der Waals surface area contributed by atoms with E-state index in [4.69, 9.17) is 11.6 Å². The fourth-order valence-electron chi connectivity index (χ4n) is 3.48. The van der Waals surface area contributed by atoms with Crippen LogP contribution in [0.4, 0.5) is 4.39 Å². The van der Waals surface area contributed by atoms with Gasteiger partial charge in [-0.2, -0.15) is 0 Å². The summed E-state index contributed by atoms with van der Waals surface area (Å²) in [5, 5.41) is 4.02. The summed E-state index contributed by atoms with van der Waals surface area (Å²) in [4.78, 5) is 2.46. The molecule has 1 aliphatic carbocycles. The van der Waals surface area contributed by atoms with E-state index >= 15 is 0 Å². The number of nitrogens with one attached hydrogen (secondary N) is 1. The molecule has 2 nitrogen and oxygen atoms in total. The maximum absolute atomic E-state index is 13.6. The Morgan fingerprint density at radius 1 is 1.38 bits per heavy atom. The predicted molar refractivity (Wildman–Crippen MR) is 85.0 cm³/mol. The maximum Gasteiger partial charge on any atom is 0.142 e. The Kier molecular flexibility index (Phi) is 4.26. The molecular weight excluding hydrogens is 287 g/mol. The molecule has 3 rings (SSSR count). The minimum Gasteiger partial charge on any atom is -0.310 e. The van der Waals surface area contributed by atoms with Gasteiger partial charge in [-0.15, -0.1) is 0 Å². The minimum atomic E-state index is -0.320. The number of hydrogen-bond acceptors (Lipinski definition) is 2. The van der Waals surface area contributed by atoms with Crippen LogP contribution < -0.4 is 5.32 Å². The highest BCUT2D eigenvalue weighted by molar-refractivity contribution is 6.31. The molecule has 0 amide bonds. The molecule has 116 valence electrons. The van der Waals surface area contributed by atoms with Crippen LogP contribution in [0.15, 0.2) is 18.2 Å². The molecule has 1 aromatic rings. The lowest BCUT2D eigenvalue weighted by atomic mass is 9.95. The maximum atomic E-state index is 13.6. The fourth-order valence-corrected chi connectivity index (χ4v) is 3.66. The molecule has 0 spiro atoms. The van der Waals surface area contributed by atoms with Crippen LogP contribution >= 0.6 is 11.6 Å². The van der Waals surface area contributed by atoms with Crippen LogP contribution in [0, 0.1) is 11.7 Å². The van der Waals surface area contributed by atoms with Crippen molar-refractivity contribution in [2.45, 2.75) is 51.2 Å². The van der Waals surface area contributed by atoms with E-state index < -0.39 is 0 Å². The zero-order valence-corrected chi connectivity index (χ0v) is 13.6. The van der Waals surface area contributed by atoms with Gasteiger partial charge in [0.05, 0.1) is 5.02 Å². The molecule has 4 heteroatoms. The van der Waals surface area contributed by atoms with Gasteiger partial charge in [-0.1, -0.05) is 23.7 Å². The van der Waals surface area contributed by atoms with Crippen molar-refractivity contribution in [2.24, 2.45) is 5.92 Å². The van der Waals surface area contributed by atoms with E-state index in [1.54, 1.807) is 6.07 Å². The molecule has 21 heavy (non-hydrogen) atoms. The molecule has 0 bridgehead atoms. The summed E-state index contributed by atoms with van der Waals surface area (Å²) in [6.45, 7) is 7.38. The first-order valence-electron chi connectivity index (χ1n) is 7.91. The van der Waals surface area contributed by atoms with Gasteiger partial charge in [-0.25, -0.2) is 4.39 Å². The van der Waals surface area contributed by atoms with Crippen LogP contribution in [0.2, 0.25) is 5.02 Å². The Morgan fingerprint density at radius 2 is 2.14 bits per heavy atom. The average molecular weight is 311 g/mol. The van der Waals surface area contributed by atoms with Crippen molar-refractivity contribution < 1.29 is 4.39 Å². The number of benzene rings is 1. The van der Waals surface area contributed by atoms with Crippen molar-refractivity contribution in [2.75, 3.05) is 13.1 Å². The molecule has 0 aromatic heterocycles. The molecule has 1 aliphatic heterocycles. The van der Waals surface area contributed by atoms with Crippen LogP contribution in [0.1, 0.15) is 38.7 Å². The third-order valence-electron chi connectivity index (χ3n) is 5.13. The minimum absolute atomic E-state index is 0.185. The monoisotopic (exact) mass is 310 g/mol. The molecule has 2 unspecified atom stereocenters. The summed E-state index contributed by atoms with van der Waals surface area (Å²) in [5.41, 5.74) is 1.08. The molecule has 1 saturated heterocycles. The van der Waals surface area contributed by atoms with Gasteiger partial charge < -0.3 is 5.32 Å². The molecule has 2 fully saturated rings. The number of nitrogens with zero attached hydrogens (tertiary/aromatic N) is 1. The lowest BCUT2D eigenvalue weighted by Gasteiger charge is -2.36. The topological polar surface area (TPSA) is 15.3 Å². The Bertz CT molecular complexity index is 518. The Hall–Kier alpha value is -0.640. The lowest BCUT2D eigenvalue weighted by Crippen LogP contribution is -2.51. The highest BCUT2D eigenvalue weighted by atomic mass is 35.5. The number of halogens is 2. The zero-order valence-electron chi connectivity index (χ0n) is 12.8. The van der Waals surface area contributed by atoms with Gasteiger partial charge in [0.15, 0.2) is 0 Å². The van der Waals surface area contributed by atoms with Crippen molar-refractivity contribution in [3.63, 3.8) is 0 Å². The van der Waals surface area contributed by atoms with E-state index in [9.17, 15) is 4.39 Å². The molecule has 2 atom stereocenters. The standard InChI is InChI=1S/C17H24ClFN2/c1-12-8-9-20-17(2,14-6-7-14)11-21(12)10-13-4-3-5-15(19)16(13)18/h3-5,12,14,20H,6-11H2,1-2H3. The smallest absolute Gasteiger partial charge is 0.142 e. The van der Waals surface area contributed by atoms with Gasteiger partial charge in [0.2, 0.25) is 0 Å². The van der Waals surface area contributed by atoms with Crippen LogP contribution in [0.5, 0.6) is 0 Å². The van der Waals surface area contributed by atoms with Crippen molar-refractivity contribution in [1.82, 2.24) is 10.2 Å². The number of hydrogen-bond donors (Lipinski definition) is 1. The van der Waals surface area contributed by atoms with E-state index in [1.165, 1.54) is 18.9 Å². The van der Waals surface area contributed by atoms with Crippen LogP contribution in [0.25, 0.3) is 0 Å². The van der Waals surface area contributed by atoms with Crippen LogP contribution in [0.3, 0.4) is 0 Å². The summed E-state index contributed by atoms with van der Waals surface area (Å²) in [6, 6.07) is 5.59. The summed E-state index contributed by atoms with van der Waals surface area (Å²) in [5.74, 6) is 0.466. The van der Waals surface area contributed by atoms with E-state index in [0.29, 0.717) is 6.04 Å². The van der Waals surface area contributed by atoms with Crippen molar-refractivity contribution in [3.8, 4) is 0 Å². The fraction of sp³-hybridized carbons (Fsp3) is 0.647. The Balaban J connectivity index is 1.79. The highest BCUT2D eigenvalue weighted by Gasteiger charge is 2.43.